The summed E-state index contributed by atoms with van der Waals surface area (Å²) in [6.07, 6.45) is -5.79. The van der Waals surface area contributed by atoms with Crippen LogP contribution in [0.15, 0.2) is 24.3 Å². The van der Waals surface area contributed by atoms with Gasteiger partial charge in [-0.1, -0.05) is 24.3 Å². The third kappa shape index (κ3) is 2.67. The Morgan fingerprint density at radius 1 is 1.24 bits per heavy atom. The zero-order chi connectivity index (χ0) is 15.3. The van der Waals surface area contributed by atoms with E-state index in [1.54, 1.807) is 0 Å². The fourth-order valence-corrected chi connectivity index (χ4v) is 4.30. The largest absolute Gasteiger partial charge is 0.390 e. The van der Waals surface area contributed by atoms with E-state index in [-0.39, 0.29) is 13.1 Å². The monoisotopic (exact) mass is 321 g/mol. The van der Waals surface area contributed by atoms with Gasteiger partial charge in [0.25, 0.3) is 0 Å². The predicted molar refractivity (Wildman–Crippen MR) is 68.9 cm³/mol. The Morgan fingerprint density at radius 3 is 2.57 bits per heavy atom. The number of benzene rings is 1. The second kappa shape index (κ2) is 4.69. The van der Waals surface area contributed by atoms with Crippen LogP contribution in [0.1, 0.15) is 17.5 Å². The lowest BCUT2D eigenvalue weighted by atomic mass is 9.87. The van der Waals surface area contributed by atoms with Crippen LogP contribution in [0.2, 0.25) is 0 Å². The van der Waals surface area contributed by atoms with Crippen molar-refractivity contribution in [1.82, 2.24) is 4.31 Å². The second-order valence-corrected chi connectivity index (χ2v) is 7.48. The van der Waals surface area contributed by atoms with Gasteiger partial charge in [-0.15, -0.1) is 0 Å². The molecule has 1 aromatic rings. The van der Waals surface area contributed by atoms with Crippen LogP contribution in [-0.2, 0) is 27.0 Å². The summed E-state index contributed by atoms with van der Waals surface area (Å²) in [7, 11) is -3.89. The molecule has 2 aliphatic rings. The third-order valence-corrected chi connectivity index (χ3v) is 5.68. The number of sulfonamides is 1. The molecule has 0 aromatic heterocycles. The average Bonchev–Trinajstić information content (AvgIpc) is 2.74. The summed E-state index contributed by atoms with van der Waals surface area (Å²) in [5.74, 6) is -0.909. The molecule has 4 nitrogen and oxygen atoms in total. The van der Waals surface area contributed by atoms with Crippen molar-refractivity contribution in [2.45, 2.75) is 24.8 Å². The lowest BCUT2D eigenvalue weighted by Gasteiger charge is -2.46. The molecular formula is C13H14F3NO3S. The number of nitrogens with zero attached hydrogens (tertiary/aromatic N) is 1. The Morgan fingerprint density at radius 2 is 1.90 bits per heavy atom. The highest BCUT2D eigenvalue weighted by Gasteiger charge is 2.53. The van der Waals surface area contributed by atoms with Gasteiger partial charge in [-0.2, -0.15) is 17.5 Å². The summed E-state index contributed by atoms with van der Waals surface area (Å²) in [6.45, 7) is 0.584. The maximum absolute atomic E-state index is 12.2. The maximum atomic E-state index is 12.2. The quantitative estimate of drug-likeness (QED) is 0.855. The van der Waals surface area contributed by atoms with Gasteiger partial charge in [0.15, 0.2) is 0 Å². The number of ether oxygens (including phenoxy) is 1. The first-order valence-corrected chi connectivity index (χ1v) is 8.10. The van der Waals surface area contributed by atoms with Gasteiger partial charge < -0.3 is 4.74 Å². The first-order valence-electron chi connectivity index (χ1n) is 6.49. The number of rotatable bonds is 3. The average molecular weight is 321 g/mol. The van der Waals surface area contributed by atoms with Gasteiger partial charge in [-0.25, -0.2) is 8.42 Å². The van der Waals surface area contributed by atoms with E-state index in [1.807, 2.05) is 24.3 Å². The molecule has 0 radical (unpaired) electrons. The van der Waals surface area contributed by atoms with E-state index in [0.29, 0.717) is 6.61 Å². The highest BCUT2D eigenvalue weighted by Crippen LogP contribution is 2.44. The lowest BCUT2D eigenvalue weighted by Crippen LogP contribution is -2.61. The molecule has 3 rings (SSSR count). The molecular weight excluding hydrogens is 307 g/mol. The van der Waals surface area contributed by atoms with Crippen molar-refractivity contribution in [1.29, 1.82) is 0 Å². The molecule has 1 spiro atoms. The molecule has 1 fully saturated rings. The first-order chi connectivity index (χ1) is 9.72. The van der Waals surface area contributed by atoms with Gasteiger partial charge in [0, 0.05) is 13.1 Å². The molecule has 21 heavy (non-hydrogen) atoms. The van der Waals surface area contributed by atoms with Crippen LogP contribution >= 0.6 is 0 Å². The van der Waals surface area contributed by atoms with Crippen molar-refractivity contribution >= 4 is 10.0 Å². The van der Waals surface area contributed by atoms with E-state index >= 15 is 0 Å². The molecule has 0 N–H and O–H groups in total. The van der Waals surface area contributed by atoms with E-state index in [4.69, 9.17) is 4.74 Å². The molecule has 8 heteroatoms. The van der Waals surface area contributed by atoms with Crippen LogP contribution in [0.25, 0.3) is 0 Å². The van der Waals surface area contributed by atoms with Crippen molar-refractivity contribution in [2.75, 3.05) is 18.8 Å². The third-order valence-electron chi connectivity index (χ3n) is 3.91. The summed E-state index contributed by atoms with van der Waals surface area (Å²) in [5, 5.41) is 0. The standard InChI is InChI=1S/C13H14F3NO3S/c14-13(15,16)5-6-21(18,19)17-8-12(9-17)11-4-2-1-3-10(11)7-20-12/h1-4H,5-9H2. The number of fused-ring (bicyclic) bond motifs is 2. The highest BCUT2D eigenvalue weighted by atomic mass is 32.2. The van der Waals surface area contributed by atoms with E-state index in [9.17, 15) is 21.6 Å². The highest BCUT2D eigenvalue weighted by molar-refractivity contribution is 7.89. The van der Waals surface area contributed by atoms with E-state index in [0.717, 1.165) is 15.4 Å². The van der Waals surface area contributed by atoms with Gasteiger partial charge in [0.2, 0.25) is 10.0 Å². The van der Waals surface area contributed by atoms with Crippen LogP contribution in [-0.4, -0.2) is 37.7 Å². The van der Waals surface area contributed by atoms with Crippen molar-refractivity contribution in [3.8, 4) is 0 Å². The molecule has 0 aliphatic carbocycles. The minimum atomic E-state index is -4.47. The molecule has 116 valence electrons. The number of hydrogen-bond acceptors (Lipinski definition) is 3. The topological polar surface area (TPSA) is 46.6 Å². The smallest absolute Gasteiger partial charge is 0.363 e. The molecule has 2 heterocycles. The van der Waals surface area contributed by atoms with E-state index < -0.39 is 34.0 Å². The zero-order valence-corrected chi connectivity index (χ0v) is 11.9. The van der Waals surface area contributed by atoms with Crippen molar-refractivity contribution in [3.05, 3.63) is 35.4 Å². The van der Waals surface area contributed by atoms with Gasteiger partial charge in [0.05, 0.1) is 18.8 Å². The maximum Gasteiger partial charge on any atom is 0.390 e. The number of hydrogen-bond donors (Lipinski definition) is 0. The summed E-state index contributed by atoms with van der Waals surface area (Å²) in [4.78, 5) is 0. The van der Waals surface area contributed by atoms with Crippen LogP contribution in [0, 0.1) is 0 Å². The molecule has 1 aromatic carbocycles. The van der Waals surface area contributed by atoms with Gasteiger partial charge in [-0.3, -0.25) is 0 Å². The molecule has 0 atom stereocenters. The Bertz CT molecular complexity index is 651. The lowest BCUT2D eigenvalue weighted by molar-refractivity contribution is -0.131. The van der Waals surface area contributed by atoms with Gasteiger partial charge >= 0.3 is 6.18 Å². The summed E-state index contributed by atoms with van der Waals surface area (Å²) in [5.41, 5.74) is 1.26. The molecule has 1 saturated heterocycles. The predicted octanol–water partition coefficient (Wildman–Crippen LogP) is 2.01. The SMILES string of the molecule is O=S(=O)(CCC(F)(F)F)N1CC2(C1)OCc1ccccc12. The van der Waals surface area contributed by atoms with Crippen LogP contribution in [0.3, 0.4) is 0 Å². The minimum Gasteiger partial charge on any atom is -0.363 e. The van der Waals surface area contributed by atoms with Crippen LogP contribution in [0.5, 0.6) is 0 Å². The Kier molecular flexibility index (Phi) is 3.30. The molecule has 0 bridgehead atoms. The van der Waals surface area contributed by atoms with Crippen LogP contribution < -0.4 is 0 Å². The van der Waals surface area contributed by atoms with Crippen molar-refractivity contribution < 1.29 is 26.3 Å². The fourth-order valence-electron chi connectivity index (χ4n) is 2.74. The second-order valence-electron chi connectivity index (χ2n) is 5.39. The Balaban J connectivity index is 1.69. The van der Waals surface area contributed by atoms with Crippen molar-refractivity contribution in [2.24, 2.45) is 0 Å². The van der Waals surface area contributed by atoms with Crippen molar-refractivity contribution in [3.63, 3.8) is 0 Å². The van der Waals surface area contributed by atoms with Crippen LogP contribution in [0.4, 0.5) is 13.2 Å². The zero-order valence-electron chi connectivity index (χ0n) is 11.1. The van der Waals surface area contributed by atoms with Gasteiger partial charge in [0.1, 0.15) is 5.60 Å². The molecule has 2 aliphatic heterocycles. The summed E-state index contributed by atoms with van der Waals surface area (Å²) < 4.78 is 67.0. The minimum absolute atomic E-state index is 0.0875. The molecule has 0 unspecified atom stereocenters. The molecule has 0 saturated carbocycles. The Hall–Kier alpha value is -1.12. The number of halogens is 3. The summed E-state index contributed by atoms with van der Waals surface area (Å²) in [6, 6.07) is 7.50. The van der Waals surface area contributed by atoms with E-state index in [2.05, 4.69) is 0 Å². The normalized spacial score (nSPS) is 21.3. The number of alkyl halides is 3. The summed E-state index contributed by atoms with van der Waals surface area (Å²) >= 11 is 0. The van der Waals surface area contributed by atoms with E-state index in [1.165, 1.54) is 0 Å². The molecule has 0 amide bonds. The fraction of sp³-hybridized carbons (Fsp3) is 0.538. The first kappa shape index (κ1) is 14.8. The van der Waals surface area contributed by atoms with Gasteiger partial charge in [-0.05, 0) is 11.1 Å². The Labute approximate surface area is 120 Å².